The molecule has 0 amide bonds. The second kappa shape index (κ2) is 8.18. The molecule has 0 spiro atoms. The lowest BCUT2D eigenvalue weighted by molar-refractivity contribution is -0.142. The van der Waals surface area contributed by atoms with E-state index in [2.05, 4.69) is 39.5 Å². The highest BCUT2D eigenvalue weighted by Crippen LogP contribution is 2.37. The molecule has 0 fully saturated rings. The predicted octanol–water partition coefficient (Wildman–Crippen LogP) is 3.38. The molecule has 22 heavy (non-hydrogen) atoms. The minimum atomic E-state index is -0.853. The number of aliphatic hydroxyl groups excluding tert-OH is 1. The molecule has 1 rings (SSSR count). The van der Waals surface area contributed by atoms with Gasteiger partial charge in [-0.3, -0.25) is 0 Å². The Kier molecular flexibility index (Phi) is 6.88. The third-order valence-corrected chi connectivity index (χ3v) is 3.76. The molecule has 0 aromatic heterocycles. The number of esters is 1. The van der Waals surface area contributed by atoms with Gasteiger partial charge in [0.1, 0.15) is 25.1 Å². The average molecular weight is 308 g/mol. The highest BCUT2D eigenvalue weighted by molar-refractivity contribution is 5.86. The summed E-state index contributed by atoms with van der Waals surface area (Å²) >= 11 is 0. The minimum Gasteiger partial charge on any atom is -0.491 e. The number of hydrogen-bond acceptors (Lipinski definition) is 4. The van der Waals surface area contributed by atoms with E-state index in [-0.39, 0.29) is 18.6 Å². The van der Waals surface area contributed by atoms with Crippen LogP contribution in [0.1, 0.15) is 40.5 Å². The van der Waals surface area contributed by atoms with Gasteiger partial charge in [-0.15, -0.1) is 0 Å². The summed E-state index contributed by atoms with van der Waals surface area (Å²) in [6, 6.07) is 0. The first-order chi connectivity index (χ1) is 10.3. The summed E-state index contributed by atoms with van der Waals surface area (Å²) in [5.74, 6) is 0.758. The van der Waals surface area contributed by atoms with Crippen molar-refractivity contribution in [3.8, 4) is 0 Å². The van der Waals surface area contributed by atoms with E-state index in [9.17, 15) is 9.90 Å². The van der Waals surface area contributed by atoms with Gasteiger partial charge in [0.25, 0.3) is 0 Å². The zero-order chi connectivity index (χ0) is 16.8. The summed E-state index contributed by atoms with van der Waals surface area (Å²) in [5.41, 5.74) is 0.354. The van der Waals surface area contributed by atoms with Crippen molar-refractivity contribution in [3.05, 3.63) is 36.1 Å². The van der Waals surface area contributed by atoms with Gasteiger partial charge in [0.15, 0.2) is 0 Å². The first-order valence-electron chi connectivity index (χ1n) is 7.80. The third kappa shape index (κ3) is 5.68. The molecule has 1 aliphatic rings. The lowest BCUT2D eigenvalue weighted by atomic mass is 9.73. The molecule has 1 aliphatic carbocycles. The largest absolute Gasteiger partial charge is 0.491 e. The van der Waals surface area contributed by atoms with Crippen molar-refractivity contribution in [1.29, 1.82) is 0 Å². The molecule has 4 nitrogen and oxygen atoms in total. The Morgan fingerprint density at radius 1 is 1.45 bits per heavy atom. The van der Waals surface area contributed by atoms with Crippen molar-refractivity contribution >= 4 is 5.97 Å². The molecule has 2 unspecified atom stereocenters. The molecule has 0 saturated carbocycles. The molecule has 4 heteroatoms. The van der Waals surface area contributed by atoms with Crippen molar-refractivity contribution in [2.75, 3.05) is 13.2 Å². The van der Waals surface area contributed by atoms with Crippen molar-refractivity contribution in [2.45, 2.75) is 46.6 Å². The van der Waals surface area contributed by atoms with Crippen LogP contribution in [-0.4, -0.2) is 30.4 Å². The lowest BCUT2D eigenvalue weighted by Gasteiger charge is -2.33. The smallest absolute Gasteiger partial charge is 0.333 e. The van der Waals surface area contributed by atoms with Crippen LogP contribution in [-0.2, 0) is 14.3 Å². The molecule has 0 aromatic carbocycles. The summed E-state index contributed by atoms with van der Waals surface area (Å²) in [5, 5.41) is 9.79. The van der Waals surface area contributed by atoms with Crippen LogP contribution >= 0.6 is 0 Å². The highest BCUT2D eigenvalue weighted by Gasteiger charge is 2.28. The molecule has 0 aromatic rings. The third-order valence-electron chi connectivity index (χ3n) is 3.76. The van der Waals surface area contributed by atoms with E-state index in [4.69, 9.17) is 9.47 Å². The van der Waals surface area contributed by atoms with Crippen molar-refractivity contribution in [2.24, 2.45) is 11.3 Å². The molecule has 0 bridgehead atoms. The van der Waals surface area contributed by atoms with Crippen molar-refractivity contribution in [3.63, 3.8) is 0 Å². The minimum absolute atomic E-state index is 0.0392. The van der Waals surface area contributed by atoms with Crippen molar-refractivity contribution < 1.29 is 19.4 Å². The predicted molar refractivity (Wildman–Crippen MR) is 87.1 cm³/mol. The first-order valence-corrected chi connectivity index (χ1v) is 7.80. The van der Waals surface area contributed by atoms with Gasteiger partial charge in [0, 0.05) is 5.57 Å². The zero-order valence-electron chi connectivity index (χ0n) is 14.1. The molecular formula is C18H28O4. The fourth-order valence-corrected chi connectivity index (χ4v) is 2.39. The number of aliphatic hydroxyl groups is 1. The van der Waals surface area contributed by atoms with E-state index >= 15 is 0 Å². The van der Waals surface area contributed by atoms with E-state index in [0.717, 1.165) is 18.6 Å². The molecule has 0 saturated heterocycles. The molecule has 1 N–H and O–H groups in total. The van der Waals surface area contributed by atoms with Crippen LogP contribution in [0.2, 0.25) is 0 Å². The Morgan fingerprint density at radius 3 is 2.68 bits per heavy atom. The quantitative estimate of drug-likeness (QED) is 0.552. The summed E-state index contributed by atoms with van der Waals surface area (Å²) in [7, 11) is 0. The average Bonchev–Trinajstić information content (AvgIpc) is 2.44. The maximum absolute atomic E-state index is 11.2. The molecule has 2 atom stereocenters. The van der Waals surface area contributed by atoms with Gasteiger partial charge in [0.05, 0.1) is 0 Å². The molecule has 0 aliphatic heterocycles. The Morgan fingerprint density at radius 2 is 2.14 bits per heavy atom. The maximum Gasteiger partial charge on any atom is 0.333 e. The normalized spacial score (nSPS) is 21.0. The topological polar surface area (TPSA) is 55.8 Å². The van der Waals surface area contributed by atoms with E-state index < -0.39 is 12.1 Å². The summed E-state index contributed by atoms with van der Waals surface area (Å²) in [6.07, 6.45) is 7.67. The van der Waals surface area contributed by atoms with E-state index in [0.29, 0.717) is 11.5 Å². The van der Waals surface area contributed by atoms with Gasteiger partial charge in [0.2, 0.25) is 0 Å². The van der Waals surface area contributed by atoms with Crippen LogP contribution in [0.25, 0.3) is 0 Å². The van der Waals surface area contributed by atoms with Crippen LogP contribution in [0, 0.1) is 11.3 Å². The van der Waals surface area contributed by atoms with Crippen LogP contribution < -0.4 is 0 Å². The maximum atomic E-state index is 11.2. The molecule has 0 heterocycles. The fraction of sp³-hybridized carbons (Fsp3) is 0.611. The van der Waals surface area contributed by atoms with Gasteiger partial charge >= 0.3 is 5.97 Å². The highest BCUT2D eigenvalue weighted by atomic mass is 16.5. The second-order valence-corrected chi connectivity index (χ2v) is 6.47. The van der Waals surface area contributed by atoms with E-state index in [1.54, 1.807) is 6.92 Å². The zero-order valence-corrected chi connectivity index (χ0v) is 14.1. The number of allylic oxidation sites excluding steroid dienone is 3. The van der Waals surface area contributed by atoms with E-state index in [1.807, 2.05) is 6.08 Å². The van der Waals surface area contributed by atoms with E-state index in [1.165, 1.54) is 0 Å². The standard InChI is InChI=1S/C18H28O4/c1-6-7-14-8-9-16(10-18(14,4)5)21-11-15(19)12-22-17(20)13(2)3/h8-10,14-15,19H,2,6-7,11-12H2,1,3-5H3. The van der Waals surface area contributed by atoms with Gasteiger partial charge in [-0.25, -0.2) is 4.79 Å². The van der Waals surface area contributed by atoms with Crippen LogP contribution in [0.5, 0.6) is 0 Å². The van der Waals surface area contributed by atoms with Gasteiger partial charge in [-0.05, 0) is 36.8 Å². The molecule has 0 radical (unpaired) electrons. The Bertz CT molecular complexity index is 460. The summed E-state index contributed by atoms with van der Waals surface area (Å²) in [6.45, 7) is 11.6. The summed E-state index contributed by atoms with van der Waals surface area (Å²) in [4.78, 5) is 11.2. The lowest BCUT2D eigenvalue weighted by Crippen LogP contribution is -2.26. The Hall–Kier alpha value is -1.55. The second-order valence-electron chi connectivity index (χ2n) is 6.47. The van der Waals surface area contributed by atoms with Gasteiger partial charge in [-0.1, -0.05) is 39.8 Å². The number of carbonyl (C=O) groups excluding carboxylic acids is 1. The van der Waals surface area contributed by atoms with Gasteiger partial charge in [-0.2, -0.15) is 0 Å². The molecule has 124 valence electrons. The molecular weight excluding hydrogens is 280 g/mol. The Labute approximate surface area is 133 Å². The van der Waals surface area contributed by atoms with Crippen LogP contribution in [0.15, 0.2) is 36.1 Å². The van der Waals surface area contributed by atoms with Crippen LogP contribution in [0.4, 0.5) is 0 Å². The number of carbonyl (C=O) groups is 1. The number of hydrogen-bond donors (Lipinski definition) is 1. The fourth-order valence-electron chi connectivity index (χ4n) is 2.39. The SMILES string of the molecule is C=C(C)C(=O)OCC(O)COC1=CC(C)(C)C(CCC)C=C1. The number of ether oxygens (including phenoxy) is 2. The van der Waals surface area contributed by atoms with Gasteiger partial charge < -0.3 is 14.6 Å². The van der Waals surface area contributed by atoms with Crippen molar-refractivity contribution in [1.82, 2.24) is 0 Å². The number of rotatable bonds is 8. The monoisotopic (exact) mass is 308 g/mol. The summed E-state index contributed by atoms with van der Waals surface area (Å²) < 4.78 is 10.5. The Balaban J connectivity index is 2.43. The van der Waals surface area contributed by atoms with Crippen LogP contribution in [0.3, 0.4) is 0 Å². The first kappa shape index (κ1) is 18.5.